The van der Waals surface area contributed by atoms with E-state index in [1.807, 2.05) is 30.3 Å². The molecule has 1 N–H and O–H groups in total. The maximum atomic E-state index is 13.7. The van der Waals surface area contributed by atoms with Gasteiger partial charge in [-0.25, -0.2) is 9.59 Å². The number of carbonyl (C=O) groups excluding carboxylic acids is 2. The van der Waals surface area contributed by atoms with Crippen LogP contribution in [0.25, 0.3) is 11.0 Å². The Kier molecular flexibility index (Phi) is 7.40. The number of piperidine rings is 1. The molecule has 3 aromatic rings. The monoisotopic (exact) mass is 576 g/mol. The second-order valence-electron chi connectivity index (χ2n) is 11.4. The number of nitrogens with zero attached hydrogens (tertiary/aromatic N) is 6. The average molecular weight is 577 g/mol. The van der Waals surface area contributed by atoms with Gasteiger partial charge in [0.15, 0.2) is 0 Å². The summed E-state index contributed by atoms with van der Waals surface area (Å²) in [6.45, 7) is 5.27. The van der Waals surface area contributed by atoms with E-state index >= 15 is 0 Å². The third-order valence-corrected chi connectivity index (χ3v) is 8.83. The molecule has 2 aromatic carbocycles. The molecule has 3 saturated heterocycles. The number of likely N-dealkylation sites (tertiary alicyclic amines) is 1. The molecule has 3 amide bonds. The number of hydrogen-bond donors (Lipinski definition) is 1. The molecule has 1 aromatic heterocycles. The third-order valence-electron chi connectivity index (χ3n) is 8.83. The fourth-order valence-corrected chi connectivity index (χ4v) is 6.48. The normalized spacial score (nSPS) is 20.3. The molecule has 3 aliphatic rings. The summed E-state index contributed by atoms with van der Waals surface area (Å²) in [5, 5.41) is 9.19. The van der Waals surface area contributed by atoms with Gasteiger partial charge in [-0.1, -0.05) is 18.2 Å². The van der Waals surface area contributed by atoms with Crippen molar-refractivity contribution < 1.29 is 24.2 Å². The van der Waals surface area contributed by atoms with Gasteiger partial charge in [0.25, 0.3) is 5.91 Å². The molecule has 3 aliphatic heterocycles. The molecule has 4 heterocycles. The number of piperazine rings is 1. The van der Waals surface area contributed by atoms with Crippen LogP contribution in [-0.2, 0) is 23.2 Å². The average Bonchev–Trinajstić information content (AvgIpc) is 3.23. The smallest absolute Gasteiger partial charge is 0.407 e. The number of ether oxygens (including phenoxy) is 1. The highest BCUT2D eigenvalue weighted by molar-refractivity contribution is 6.00. The summed E-state index contributed by atoms with van der Waals surface area (Å²) in [6.07, 6.45) is -0.397. The fraction of sp³-hybridized carbons (Fsp3) is 0.467. The zero-order valence-corrected chi connectivity index (χ0v) is 23.9. The summed E-state index contributed by atoms with van der Waals surface area (Å²) in [4.78, 5) is 58.6. The summed E-state index contributed by atoms with van der Waals surface area (Å²) in [6, 6.07) is 12.3. The Hall–Kier alpha value is -4.32. The number of para-hydroxylation sites is 1. The summed E-state index contributed by atoms with van der Waals surface area (Å²) in [5.74, 6) is 0.539. The Balaban J connectivity index is 1.19. The highest BCUT2D eigenvalue weighted by atomic mass is 16.5. The van der Waals surface area contributed by atoms with E-state index in [0.29, 0.717) is 30.3 Å². The van der Waals surface area contributed by atoms with Gasteiger partial charge in [0.1, 0.15) is 11.8 Å². The molecule has 222 valence electrons. The van der Waals surface area contributed by atoms with Crippen molar-refractivity contribution >= 4 is 34.6 Å². The zero-order chi connectivity index (χ0) is 29.5. The molecular weight excluding hydrogens is 540 g/mol. The number of imide groups is 1. The van der Waals surface area contributed by atoms with Crippen molar-refractivity contribution in [2.75, 3.05) is 57.8 Å². The van der Waals surface area contributed by atoms with Crippen LogP contribution in [0.3, 0.4) is 0 Å². The molecule has 42 heavy (non-hydrogen) atoms. The van der Waals surface area contributed by atoms with Crippen molar-refractivity contribution in [3.05, 3.63) is 58.5 Å². The van der Waals surface area contributed by atoms with E-state index in [1.54, 1.807) is 35.4 Å². The number of rotatable bonds is 7. The highest BCUT2D eigenvalue weighted by Crippen LogP contribution is 2.34. The highest BCUT2D eigenvalue weighted by Gasteiger charge is 2.38. The first-order valence-electron chi connectivity index (χ1n) is 14.4. The van der Waals surface area contributed by atoms with Gasteiger partial charge in [-0.3, -0.25) is 28.5 Å². The van der Waals surface area contributed by atoms with Crippen LogP contribution in [0.2, 0.25) is 0 Å². The number of fused-ring (bicyclic) bond motifs is 1. The third kappa shape index (κ3) is 5.00. The van der Waals surface area contributed by atoms with E-state index in [0.717, 1.165) is 49.5 Å². The lowest BCUT2D eigenvalue weighted by atomic mass is 9.97. The minimum Gasteiger partial charge on any atom is -0.497 e. The molecule has 0 spiro atoms. The van der Waals surface area contributed by atoms with E-state index < -0.39 is 12.1 Å². The van der Waals surface area contributed by atoms with Gasteiger partial charge in [0.05, 0.1) is 30.4 Å². The molecule has 1 unspecified atom stereocenters. The Morgan fingerprint density at radius 2 is 1.71 bits per heavy atom. The lowest BCUT2D eigenvalue weighted by Crippen LogP contribution is -2.55. The number of methoxy groups -OCH3 is 1. The van der Waals surface area contributed by atoms with Gasteiger partial charge >= 0.3 is 11.8 Å². The van der Waals surface area contributed by atoms with Crippen LogP contribution >= 0.6 is 0 Å². The van der Waals surface area contributed by atoms with Crippen LogP contribution in [0.5, 0.6) is 5.75 Å². The first-order chi connectivity index (χ1) is 20.2. The van der Waals surface area contributed by atoms with Crippen LogP contribution in [-0.4, -0.2) is 99.8 Å². The van der Waals surface area contributed by atoms with E-state index in [2.05, 4.69) is 9.80 Å². The number of hydrogen-bond acceptors (Lipinski definition) is 7. The number of aryl methyl sites for hydroxylation is 1. The largest absolute Gasteiger partial charge is 0.497 e. The molecule has 12 nitrogen and oxygen atoms in total. The summed E-state index contributed by atoms with van der Waals surface area (Å²) in [5.41, 5.74) is 2.95. The molecule has 1 atom stereocenters. The van der Waals surface area contributed by atoms with Gasteiger partial charge in [0.2, 0.25) is 5.91 Å². The quantitative estimate of drug-likeness (QED) is 0.424. The molecule has 12 heteroatoms. The van der Waals surface area contributed by atoms with Crippen molar-refractivity contribution in [1.82, 2.24) is 23.8 Å². The Morgan fingerprint density at radius 1 is 1.00 bits per heavy atom. The summed E-state index contributed by atoms with van der Waals surface area (Å²) >= 11 is 0. The number of amides is 3. The summed E-state index contributed by atoms with van der Waals surface area (Å²) < 4.78 is 8.38. The minimum atomic E-state index is -0.860. The predicted molar refractivity (Wildman–Crippen MR) is 156 cm³/mol. The zero-order valence-electron chi connectivity index (χ0n) is 23.9. The first kappa shape index (κ1) is 27.8. The Bertz CT molecular complexity index is 1570. The SMILES string of the molecule is COc1ccc(CN2C(=O)CCC(n3c(=O)n(C)c4c(N5CC(CN6CCN(C(=O)O)CC6)C5)cccc43)C2=O)cc1. The van der Waals surface area contributed by atoms with Crippen LogP contribution < -0.4 is 15.3 Å². The van der Waals surface area contributed by atoms with Gasteiger partial charge in [-0.05, 0) is 36.2 Å². The van der Waals surface area contributed by atoms with Crippen molar-refractivity contribution in [3.8, 4) is 5.75 Å². The topological polar surface area (TPSA) is 121 Å². The van der Waals surface area contributed by atoms with Crippen LogP contribution in [0.4, 0.5) is 10.5 Å². The predicted octanol–water partition coefficient (Wildman–Crippen LogP) is 1.97. The first-order valence-corrected chi connectivity index (χ1v) is 14.4. The molecule has 6 rings (SSSR count). The number of imidazole rings is 1. The van der Waals surface area contributed by atoms with Crippen LogP contribution in [0, 0.1) is 5.92 Å². The lowest BCUT2D eigenvalue weighted by Gasteiger charge is -2.44. The van der Waals surface area contributed by atoms with E-state index in [1.165, 1.54) is 9.80 Å². The van der Waals surface area contributed by atoms with Crippen molar-refractivity contribution in [2.24, 2.45) is 13.0 Å². The van der Waals surface area contributed by atoms with Gasteiger partial charge < -0.3 is 19.6 Å². The van der Waals surface area contributed by atoms with Crippen molar-refractivity contribution in [3.63, 3.8) is 0 Å². The second-order valence-corrected chi connectivity index (χ2v) is 11.4. The number of anilines is 1. The lowest BCUT2D eigenvalue weighted by molar-refractivity contribution is -0.151. The Morgan fingerprint density at radius 3 is 2.38 bits per heavy atom. The van der Waals surface area contributed by atoms with Gasteiger partial charge in [-0.2, -0.15) is 0 Å². The Labute approximate surface area is 243 Å². The van der Waals surface area contributed by atoms with Crippen LogP contribution in [0.15, 0.2) is 47.3 Å². The molecular formula is C30H36N6O6. The molecule has 0 aliphatic carbocycles. The maximum absolute atomic E-state index is 13.7. The van der Waals surface area contributed by atoms with E-state index in [-0.39, 0.29) is 36.9 Å². The second kappa shape index (κ2) is 11.2. The number of aromatic nitrogens is 2. The van der Waals surface area contributed by atoms with E-state index in [4.69, 9.17) is 4.74 Å². The molecule has 0 bridgehead atoms. The van der Waals surface area contributed by atoms with Gasteiger partial charge in [-0.15, -0.1) is 0 Å². The number of carboxylic acid groups (broad SMARTS) is 1. The molecule has 0 saturated carbocycles. The standard InChI is InChI=1S/C30H36N6O6/c1-31-27-23(34-17-21(18-34)16-32-12-14-33(15-13-32)30(40)41)4-3-5-24(27)36(29(31)39)25-10-11-26(37)35(28(25)38)19-20-6-8-22(42-2)9-7-20/h3-9,21,25H,10-19H2,1-2H3,(H,40,41). The fourth-order valence-electron chi connectivity index (χ4n) is 6.48. The van der Waals surface area contributed by atoms with Crippen molar-refractivity contribution in [1.29, 1.82) is 0 Å². The van der Waals surface area contributed by atoms with Gasteiger partial charge in [0, 0.05) is 65.2 Å². The minimum absolute atomic E-state index is 0.142. The number of carbonyl (C=O) groups is 3. The number of benzene rings is 2. The maximum Gasteiger partial charge on any atom is 0.407 e. The summed E-state index contributed by atoms with van der Waals surface area (Å²) in [7, 11) is 3.32. The van der Waals surface area contributed by atoms with Crippen LogP contribution in [0.1, 0.15) is 24.4 Å². The van der Waals surface area contributed by atoms with E-state index in [9.17, 15) is 24.3 Å². The molecule has 3 fully saturated rings. The van der Waals surface area contributed by atoms with Crippen molar-refractivity contribution in [2.45, 2.75) is 25.4 Å². The molecule has 0 radical (unpaired) electrons.